The normalized spacial score (nSPS) is 11.2. The maximum atomic E-state index is 10.3. The van der Waals surface area contributed by atoms with Crippen molar-refractivity contribution in [1.29, 1.82) is 0 Å². The van der Waals surface area contributed by atoms with Crippen LogP contribution in [0.15, 0.2) is 30.3 Å². The van der Waals surface area contributed by atoms with Crippen LogP contribution in [-0.4, -0.2) is 20.4 Å². The van der Waals surface area contributed by atoms with E-state index in [1.807, 2.05) is 13.0 Å². The SMILES string of the molecule is Cc1cc(O)c2c(O)c3c(O)cc(O)cc3cc2c1. The molecule has 0 bridgehead atoms. The molecule has 0 saturated heterocycles. The van der Waals surface area contributed by atoms with E-state index in [1.54, 1.807) is 12.1 Å². The van der Waals surface area contributed by atoms with Crippen molar-refractivity contribution in [2.24, 2.45) is 0 Å². The van der Waals surface area contributed by atoms with E-state index in [4.69, 9.17) is 0 Å². The third kappa shape index (κ3) is 1.61. The summed E-state index contributed by atoms with van der Waals surface area (Å²) in [5, 5.41) is 41.2. The van der Waals surface area contributed by atoms with E-state index in [0.29, 0.717) is 16.2 Å². The highest BCUT2D eigenvalue weighted by Gasteiger charge is 2.14. The van der Waals surface area contributed by atoms with E-state index < -0.39 is 0 Å². The molecule has 19 heavy (non-hydrogen) atoms. The molecule has 0 radical (unpaired) electrons. The molecule has 4 N–H and O–H groups in total. The van der Waals surface area contributed by atoms with E-state index in [1.165, 1.54) is 6.07 Å². The van der Waals surface area contributed by atoms with Crippen molar-refractivity contribution in [3.8, 4) is 23.0 Å². The minimum absolute atomic E-state index is 0.0399. The lowest BCUT2D eigenvalue weighted by molar-refractivity contribution is 0.449. The summed E-state index contributed by atoms with van der Waals surface area (Å²) in [5.41, 5.74) is 0.855. The number of aromatic hydroxyl groups is 4. The van der Waals surface area contributed by atoms with E-state index >= 15 is 0 Å². The summed E-state index contributed by atoms with van der Waals surface area (Å²) in [6.07, 6.45) is 0. The van der Waals surface area contributed by atoms with Crippen molar-refractivity contribution in [1.82, 2.24) is 0 Å². The summed E-state index contributed by atoms with van der Waals surface area (Å²) >= 11 is 0. The fraction of sp³-hybridized carbons (Fsp3) is 0.0667. The fourth-order valence-corrected chi connectivity index (χ4v) is 2.46. The summed E-state index contributed by atoms with van der Waals surface area (Å²) in [6, 6.07) is 7.67. The molecular formula is C15H12O4. The van der Waals surface area contributed by atoms with Crippen LogP contribution in [0.1, 0.15) is 5.56 Å². The van der Waals surface area contributed by atoms with Gasteiger partial charge in [-0.05, 0) is 41.5 Å². The van der Waals surface area contributed by atoms with Crippen LogP contribution in [-0.2, 0) is 0 Å². The van der Waals surface area contributed by atoms with E-state index in [2.05, 4.69) is 0 Å². The Morgan fingerprint density at radius 3 is 1.95 bits per heavy atom. The molecule has 0 aromatic heterocycles. The van der Waals surface area contributed by atoms with Crippen molar-refractivity contribution in [3.63, 3.8) is 0 Å². The number of rotatable bonds is 0. The Hall–Kier alpha value is -2.62. The third-order valence-corrected chi connectivity index (χ3v) is 3.21. The van der Waals surface area contributed by atoms with Crippen molar-refractivity contribution in [2.45, 2.75) is 6.92 Å². The van der Waals surface area contributed by atoms with Crippen LogP contribution in [0, 0.1) is 6.92 Å². The van der Waals surface area contributed by atoms with Gasteiger partial charge in [-0.25, -0.2) is 0 Å². The van der Waals surface area contributed by atoms with Crippen molar-refractivity contribution < 1.29 is 20.4 Å². The van der Waals surface area contributed by atoms with Crippen molar-refractivity contribution >= 4 is 21.5 Å². The molecule has 4 nitrogen and oxygen atoms in total. The summed E-state index contributed by atoms with van der Waals surface area (Å²) < 4.78 is 0. The highest BCUT2D eigenvalue weighted by atomic mass is 16.3. The number of aryl methyl sites for hydroxylation is 1. The third-order valence-electron chi connectivity index (χ3n) is 3.21. The molecule has 0 atom stereocenters. The Balaban J connectivity index is 2.60. The van der Waals surface area contributed by atoms with Gasteiger partial charge in [0, 0.05) is 6.07 Å². The summed E-state index contributed by atoms with van der Waals surface area (Å²) in [4.78, 5) is 0. The number of phenolic OH excluding ortho intramolecular Hbond substituents is 4. The highest BCUT2D eigenvalue weighted by Crippen LogP contribution is 2.44. The van der Waals surface area contributed by atoms with Gasteiger partial charge >= 0.3 is 0 Å². The summed E-state index contributed by atoms with van der Waals surface area (Å²) in [5.74, 6) is -0.542. The van der Waals surface area contributed by atoms with Crippen LogP contribution in [0.3, 0.4) is 0 Å². The quantitative estimate of drug-likeness (QED) is 0.466. The molecule has 0 unspecified atom stereocenters. The Kier molecular flexibility index (Phi) is 2.22. The fourth-order valence-electron chi connectivity index (χ4n) is 2.46. The Morgan fingerprint density at radius 1 is 0.684 bits per heavy atom. The Bertz CT molecular complexity index is 756. The van der Waals surface area contributed by atoms with Crippen LogP contribution in [0.5, 0.6) is 23.0 Å². The van der Waals surface area contributed by atoms with Crippen LogP contribution in [0.4, 0.5) is 0 Å². The largest absolute Gasteiger partial charge is 0.508 e. The predicted molar refractivity (Wildman–Crippen MR) is 72.9 cm³/mol. The molecule has 0 amide bonds. The zero-order chi connectivity index (χ0) is 13.7. The minimum Gasteiger partial charge on any atom is -0.508 e. The molecule has 0 spiro atoms. The zero-order valence-electron chi connectivity index (χ0n) is 10.2. The lowest BCUT2D eigenvalue weighted by Gasteiger charge is -2.10. The first-order valence-corrected chi connectivity index (χ1v) is 5.78. The number of benzene rings is 3. The first-order chi connectivity index (χ1) is 8.97. The van der Waals surface area contributed by atoms with Crippen LogP contribution >= 0.6 is 0 Å². The van der Waals surface area contributed by atoms with E-state index in [9.17, 15) is 20.4 Å². The van der Waals surface area contributed by atoms with E-state index in [0.717, 1.165) is 11.6 Å². The monoisotopic (exact) mass is 256 g/mol. The van der Waals surface area contributed by atoms with Gasteiger partial charge < -0.3 is 20.4 Å². The molecule has 0 fully saturated rings. The standard InChI is InChI=1S/C15H12O4/c1-7-2-8-4-9-5-10(16)6-12(18)14(9)15(19)13(8)11(17)3-7/h2-6,16-19H,1H3. The summed E-state index contributed by atoms with van der Waals surface area (Å²) in [6.45, 7) is 1.83. The maximum Gasteiger partial charge on any atom is 0.138 e. The van der Waals surface area contributed by atoms with Crippen molar-refractivity contribution in [3.05, 3.63) is 35.9 Å². The molecular weight excluding hydrogens is 244 g/mol. The van der Waals surface area contributed by atoms with Gasteiger partial charge in [0.25, 0.3) is 0 Å². The van der Waals surface area contributed by atoms with Gasteiger partial charge in [-0.2, -0.15) is 0 Å². The molecule has 96 valence electrons. The van der Waals surface area contributed by atoms with Gasteiger partial charge in [-0.3, -0.25) is 0 Å². The van der Waals surface area contributed by atoms with Gasteiger partial charge in [0.15, 0.2) is 0 Å². The predicted octanol–water partition coefficient (Wildman–Crippen LogP) is 3.12. The Labute approximate surface area is 108 Å². The molecule has 0 aliphatic rings. The van der Waals surface area contributed by atoms with Crippen LogP contribution in [0.25, 0.3) is 21.5 Å². The number of fused-ring (bicyclic) bond motifs is 2. The average molecular weight is 256 g/mol. The molecule has 3 aromatic carbocycles. The zero-order valence-corrected chi connectivity index (χ0v) is 10.2. The average Bonchev–Trinajstić information content (AvgIpc) is 2.25. The number of hydrogen-bond donors (Lipinski definition) is 4. The van der Waals surface area contributed by atoms with Crippen molar-refractivity contribution in [2.75, 3.05) is 0 Å². The molecule has 0 saturated carbocycles. The smallest absolute Gasteiger partial charge is 0.138 e. The first-order valence-electron chi connectivity index (χ1n) is 5.78. The lowest BCUT2D eigenvalue weighted by atomic mass is 9.99. The van der Waals surface area contributed by atoms with Gasteiger partial charge in [-0.15, -0.1) is 0 Å². The second-order valence-electron chi connectivity index (χ2n) is 4.67. The molecule has 0 aliphatic heterocycles. The van der Waals surface area contributed by atoms with Gasteiger partial charge in [0.05, 0.1) is 10.8 Å². The minimum atomic E-state index is -0.227. The highest BCUT2D eigenvalue weighted by molar-refractivity contribution is 6.10. The topological polar surface area (TPSA) is 80.9 Å². The first kappa shape index (κ1) is 11.5. The van der Waals surface area contributed by atoms with Gasteiger partial charge in [-0.1, -0.05) is 6.07 Å². The lowest BCUT2D eigenvalue weighted by Crippen LogP contribution is -1.83. The maximum absolute atomic E-state index is 10.3. The van der Waals surface area contributed by atoms with Gasteiger partial charge in [0.2, 0.25) is 0 Å². The number of hydrogen-bond acceptors (Lipinski definition) is 4. The van der Waals surface area contributed by atoms with Gasteiger partial charge in [0.1, 0.15) is 23.0 Å². The van der Waals surface area contributed by atoms with Crippen LogP contribution in [0.2, 0.25) is 0 Å². The molecule has 4 heteroatoms. The second kappa shape index (κ2) is 3.68. The molecule has 3 rings (SSSR count). The van der Waals surface area contributed by atoms with Crippen LogP contribution < -0.4 is 0 Å². The second-order valence-corrected chi connectivity index (χ2v) is 4.67. The summed E-state index contributed by atoms with van der Waals surface area (Å²) in [7, 11) is 0. The molecule has 3 aromatic rings. The Morgan fingerprint density at radius 2 is 1.26 bits per heavy atom. The number of phenols is 4. The van der Waals surface area contributed by atoms with E-state index in [-0.39, 0.29) is 28.4 Å². The molecule has 0 aliphatic carbocycles. The molecule has 0 heterocycles.